The minimum Gasteiger partial charge on any atom is -0.310 e. The predicted octanol–water partition coefficient (Wildman–Crippen LogP) is 1.52. The Morgan fingerprint density at radius 1 is 1.15 bits per heavy atom. The molecule has 1 saturated heterocycles. The molecule has 2 rings (SSSR count). The molecule has 0 bridgehead atoms. The molecule has 0 atom stereocenters. The molecule has 1 aromatic rings. The molecule has 0 aromatic heterocycles. The summed E-state index contributed by atoms with van der Waals surface area (Å²) in [6, 6.07) is 8.06. The number of aryl methyl sites for hydroxylation is 2. The molecule has 1 aliphatic rings. The number of hydrogen-bond donors (Lipinski definition) is 0. The topological polar surface area (TPSA) is 84.7 Å². The Bertz CT molecular complexity index is 796. The molecule has 1 aromatic carbocycles. The minimum absolute atomic E-state index is 0.0666. The third-order valence-electron chi connectivity index (χ3n) is 4.64. The van der Waals surface area contributed by atoms with E-state index in [1.165, 1.54) is 10.6 Å². The van der Waals surface area contributed by atoms with Crippen LogP contribution in [-0.4, -0.2) is 69.1 Å². The molecule has 1 heterocycles. The lowest BCUT2D eigenvalue weighted by Crippen LogP contribution is -2.42. The van der Waals surface area contributed by atoms with Crippen LogP contribution < -0.4 is 4.90 Å². The highest BCUT2D eigenvalue weighted by Gasteiger charge is 2.24. The van der Waals surface area contributed by atoms with Crippen LogP contribution in [0.25, 0.3) is 0 Å². The van der Waals surface area contributed by atoms with Gasteiger partial charge in [-0.1, -0.05) is 6.07 Å². The van der Waals surface area contributed by atoms with Crippen molar-refractivity contribution in [3.05, 3.63) is 29.3 Å². The summed E-state index contributed by atoms with van der Waals surface area (Å²) >= 11 is 0. The third kappa shape index (κ3) is 6.31. The zero-order chi connectivity index (χ0) is 20.0. The van der Waals surface area contributed by atoms with Gasteiger partial charge in [-0.15, -0.1) is 0 Å². The second-order valence-electron chi connectivity index (χ2n) is 7.09. The first-order chi connectivity index (χ1) is 12.7. The van der Waals surface area contributed by atoms with Crippen molar-refractivity contribution in [3.8, 4) is 6.07 Å². The van der Waals surface area contributed by atoms with E-state index in [0.29, 0.717) is 39.1 Å². The smallest absolute Gasteiger partial charge is 0.241 e. The number of carbonyl (C=O) groups excluding carboxylic acids is 1. The number of nitriles is 1. The molecule has 0 saturated carbocycles. The summed E-state index contributed by atoms with van der Waals surface area (Å²) in [4.78, 5) is 16.6. The number of sulfonamides is 1. The van der Waals surface area contributed by atoms with Gasteiger partial charge in [0, 0.05) is 31.9 Å². The monoisotopic (exact) mass is 392 g/mol. The van der Waals surface area contributed by atoms with Gasteiger partial charge < -0.3 is 4.90 Å². The van der Waals surface area contributed by atoms with Gasteiger partial charge in [0.25, 0.3) is 0 Å². The van der Waals surface area contributed by atoms with Crippen LogP contribution in [0.1, 0.15) is 24.0 Å². The molecular weight excluding hydrogens is 364 g/mol. The summed E-state index contributed by atoms with van der Waals surface area (Å²) in [5.41, 5.74) is 2.94. The summed E-state index contributed by atoms with van der Waals surface area (Å²) < 4.78 is 25.0. The second kappa shape index (κ2) is 9.31. The SMILES string of the molecule is Cc1cc(C)cc(N(CCC#N)C(=O)CN2CCCN(S(C)(=O)=O)CC2)c1. The molecule has 0 radical (unpaired) electrons. The van der Waals surface area contributed by atoms with Crippen LogP contribution >= 0.6 is 0 Å². The molecule has 0 N–H and O–H groups in total. The van der Waals surface area contributed by atoms with Crippen LogP contribution in [0.5, 0.6) is 0 Å². The average molecular weight is 393 g/mol. The van der Waals surface area contributed by atoms with Gasteiger partial charge in [-0.05, 0) is 50.1 Å². The lowest BCUT2D eigenvalue weighted by atomic mass is 10.1. The lowest BCUT2D eigenvalue weighted by Gasteiger charge is -2.27. The summed E-state index contributed by atoms with van der Waals surface area (Å²) in [5, 5.41) is 8.96. The predicted molar refractivity (Wildman–Crippen MR) is 106 cm³/mol. The molecule has 0 unspecified atom stereocenters. The molecule has 148 valence electrons. The number of hydrogen-bond acceptors (Lipinski definition) is 5. The van der Waals surface area contributed by atoms with Gasteiger partial charge in [-0.25, -0.2) is 12.7 Å². The van der Waals surface area contributed by atoms with E-state index in [-0.39, 0.29) is 18.9 Å². The second-order valence-corrected chi connectivity index (χ2v) is 9.07. The van der Waals surface area contributed by atoms with Crippen molar-refractivity contribution < 1.29 is 13.2 Å². The number of nitrogens with zero attached hydrogens (tertiary/aromatic N) is 4. The van der Waals surface area contributed by atoms with Crippen LogP contribution in [-0.2, 0) is 14.8 Å². The van der Waals surface area contributed by atoms with Crippen LogP contribution in [0.3, 0.4) is 0 Å². The molecule has 8 heteroatoms. The van der Waals surface area contributed by atoms with Gasteiger partial charge in [-0.3, -0.25) is 9.69 Å². The van der Waals surface area contributed by atoms with E-state index in [4.69, 9.17) is 5.26 Å². The van der Waals surface area contributed by atoms with Crippen LogP contribution in [0, 0.1) is 25.2 Å². The van der Waals surface area contributed by atoms with Crippen molar-refractivity contribution >= 4 is 21.6 Å². The Balaban J connectivity index is 2.10. The molecule has 1 amide bonds. The molecule has 0 spiro atoms. The number of amides is 1. The van der Waals surface area contributed by atoms with Crippen molar-refractivity contribution in [2.75, 3.05) is 50.4 Å². The summed E-state index contributed by atoms with van der Waals surface area (Å²) in [7, 11) is -3.21. The van der Waals surface area contributed by atoms with Crippen molar-refractivity contribution in [2.24, 2.45) is 0 Å². The van der Waals surface area contributed by atoms with Crippen molar-refractivity contribution in [1.82, 2.24) is 9.21 Å². The van der Waals surface area contributed by atoms with Crippen molar-refractivity contribution in [3.63, 3.8) is 0 Å². The number of benzene rings is 1. The fourth-order valence-electron chi connectivity index (χ4n) is 3.38. The Morgan fingerprint density at radius 2 is 1.81 bits per heavy atom. The maximum atomic E-state index is 13.0. The maximum absolute atomic E-state index is 13.0. The number of anilines is 1. The first-order valence-corrected chi connectivity index (χ1v) is 11.0. The van der Waals surface area contributed by atoms with Gasteiger partial charge >= 0.3 is 0 Å². The first kappa shape index (κ1) is 21.4. The quantitative estimate of drug-likeness (QED) is 0.733. The normalized spacial score (nSPS) is 16.5. The zero-order valence-electron chi connectivity index (χ0n) is 16.3. The summed E-state index contributed by atoms with van der Waals surface area (Å²) in [6.07, 6.45) is 2.18. The molecule has 0 aliphatic carbocycles. The molecule has 7 nitrogen and oxygen atoms in total. The Kier molecular flexibility index (Phi) is 7.36. The van der Waals surface area contributed by atoms with Crippen LogP contribution in [0.15, 0.2) is 18.2 Å². The van der Waals surface area contributed by atoms with Crippen LogP contribution in [0.2, 0.25) is 0 Å². The largest absolute Gasteiger partial charge is 0.310 e. The van der Waals surface area contributed by atoms with E-state index in [2.05, 4.69) is 6.07 Å². The third-order valence-corrected chi connectivity index (χ3v) is 5.94. The van der Waals surface area contributed by atoms with Gasteiger partial charge in [-0.2, -0.15) is 5.26 Å². The van der Waals surface area contributed by atoms with E-state index < -0.39 is 10.0 Å². The van der Waals surface area contributed by atoms with Gasteiger partial charge in [0.15, 0.2) is 0 Å². The molecule has 27 heavy (non-hydrogen) atoms. The number of carbonyl (C=O) groups is 1. The van der Waals surface area contributed by atoms with Gasteiger partial charge in [0.2, 0.25) is 15.9 Å². The van der Waals surface area contributed by atoms with Gasteiger partial charge in [0.1, 0.15) is 0 Å². The fraction of sp³-hybridized carbons (Fsp3) is 0.579. The first-order valence-electron chi connectivity index (χ1n) is 9.14. The highest BCUT2D eigenvalue weighted by atomic mass is 32.2. The zero-order valence-corrected chi connectivity index (χ0v) is 17.1. The Morgan fingerprint density at radius 3 is 2.41 bits per heavy atom. The average Bonchev–Trinajstić information content (AvgIpc) is 2.80. The molecular formula is C19H28N4O3S. The summed E-state index contributed by atoms with van der Waals surface area (Å²) in [6.45, 7) is 6.62. The van der Waals surface area contributed by atoms with E-state index in [9.17, 15) is 13.2 Å². The fourth-order valence-corrected chi connectivity index (χ4v) is 4.25. The number of rotatable bonds is 6. The van der Waals surface area contributed by atoms with E-state index >= 15 is 0 Å². The summed E-state index contributed by atoms with van der Waals surface area (Å²) in [5.74, 6) is -0.0666. The minimum atomic E-state index is -3.21. The Hall–Kier alpha value is -1.95. The highest BCUT2D eigenvalue weighted by Crippen LogP contribution is 2.20. The van der Waals surface area contributed by atoms with E-state index in [1.807, 2.05) is 36.9 Å². The maximum Gasteiger partial charge on any atom is 0.241 e. The van der Waals surface area contributed by atoms with Crippen molar-refractivity contribution in [2.45, 2.75) is 26.7 Å². The van der Waals surface area contributed by atoms with E-state index in [1.54, 1.807) is 4.90 Å². The Labute approximate surface area is 162 Å². The van der Waals surface area contributed by atoms with E-state index in [0.717, 1.165) is 16.8 Å². The standard InChI is InChI=1S/C19H28N4O3S/c1-16-12-17(2)14-18(13-16)23(9-4-6-20)19(24)15-21-7-5-8-22(11-10-21)27(3,25)26/h12-14H,4-5,7-11,15H2,1-3H3. The highest BCUT2D eigenvalue weighted by molar-refractivity contribution is 7.88. The van der Waals surface area contributed by atoms with Crippen LogP contribution in [0.4, 0.5) is 5.69 Å². The van der Waals surface area contributed by atoms with Crippen molar-refractivity contribution in [1.29, 1.82) is 5.26 Å². The molecule has 1 aliphatic heterocycles. The lowest BCUT2D eigenvalue weighted by molar-refractivity contribution is -0.119. The molecule has 1 fully saturated rings. The van der Waals surface area contributed by atoms with Gasteiger partial charge in [0.05, 0.1) is 25.3 Å².